The standard InChI is InChI=1S/C17H24N2O2/c1-12-10-18-9-5-6-14(18)11-19(12)15-7-4-8-16(21-3)17(15)13(2)20/h4,7-8,12,14H,5-6,9-11H2,1-3H3. The Balaban J connectivity index is 1.97. The van der Waals surface area contributed by atoms with Crippen LogP contribution in [0.1, 0.15) is 37.0 Å². The van der Waals surface area contributed by atoms with Gasteiger partial charge in [-0.15, -0.1) is 0 Å². The van der Waals surface area contributed by atoms with Crippen molar-refractivity contribution in [2.45, 2.75) is 38.8 Å². The maximum absolute atomic E-state index is 12.1. The summed E-state index contributed by atoms with van der Waals surface area (Å²) >= 11 is 0. The van der Waals surface area contributed by atoms with Gasteiger partial charge in [-0.2, -0.15) is 0 Å². The van der Waals surface area contributed by atoms with Gasteiger partial charge in [0, 0.05) is 25.2 Å². The SMILES string of the molecule is COc1cccc(N2CC3CCCN3CC2C)c1C(C)=O. The Kier molecular flexibility index (Phi) is 3.89. The fraction of sp³-hybridized carbons (Fsp3) is 0.588. The highest BCUT2D eigenvalue weighted by atomic mass is 16.5. The molecule has 0 aliphatic carbocycles. The highest BCUT2D eigenvalue weighted by Crippen LogP contribution is 2.34. The largest absolute Gasteiger partial charge is 0.496 e. The van der Waals surface area contributed by atoms with Crippen molar-refractivity contribution in [3.05, 3.63) is 23.8 Å². The minimum absolute atomic E-state index is 0.0727. The molecule has 2 atom stereocenters. The van der Waals surface area contributed by atoms with Gasteiger partial charge in [-0.1, -0.05) is 6.07 Å². The van der Waals surface area contributed by atoms with Crippen LogP contribution in [-0.2, 0) is 0 Å². The van der Waals surface area contributed by atoms with E-state index in [0.717, 1.165) is 24.3 Å². The van der Waals surface area contributed by atoms with E-state index in [2.05, 4.69) is 22.8 Å². The Hall–Kier alpha value is -1.55. The third kappa shape index (κ3) is 2.53. The lowest BCUT2D eigenvalue weighted by molar-refractivity contribution is 0.101. The van der Waals surface area contributed by atoms with Gasteiger partial charge in [-0.05, 0) is 45.4 Å². The van der Waals surface area contributed by atoms with E-state index in [1.807, 2.05) is 12.1 Å². The van der Waals surface area contributed by atoms with Crippen LogP contribution in [0.4, 0.5) is 5.69 Å². The highest BCUT2D eigenvalue weighted by Gasteiger charge is 2.35. The van der Waals surface area contributed by atoms with Crippen LogP contribution in [0.3, 0.4) is 0 Å². The second-order valence-corrected chi connectivity index (χ2v) is 6.20. The zero-order chi connectivity index (χ0) is 15.0. The summed E-state index contributed by atoms with van der Waals surface area (Å²) < 4.78 is 5.40. The number of fused-ring (bicyclic) bond motifs is 1. The maximum Gasteiger partial charge on any atom is 0.165 e. The van der Waals surface area contributed by atoms with Crippen LogP contribution in [0.15, 0.2) is 18.2 Å². The Morgan fingerprint density at radius 3 is 2.86 bits per heavy atom. The minimum Gasteiger partial charge on any atom is -0.496 e. The van der Waals surface area contributed by atoms with Crippen molar-refractivity contribution >= 4 is 11.5 Å². The van der Waals surface area contributed by atoms with Crippen LogP contribution in [0.2, 0.25) is 0 Å². The lowest BCUT2D eigenvalue weighted by Crippen LogP contribution is -2.55. The first kappa shape index (κ1) is 14.4. The summed E-state index contributed by atoms with van der Waals surface area (Å²) in [6.45, 7) is 7.18. The van der Waals surface area contributed by atoms with E-state index in [1.165, 1.54) is 19.4 Å². The summed E-state index contributed by atoms with van der Waals surface area (Å²) in [6.07, 6.45) is 2.56. The third-order valence-electron chi connectivity index (χ3n) is 4.82. The van der Waals surface area contributed by atoms with Crippen molar-refractivity contribution in [2.75, 3.05) is 31.6 Å². The van der Waals surface area contributed by atoms with Gasteiger partial charge < -0.3 is 9.64 Å². The smallest absolute Gasteiger partial charge is 0.165 e. The molecule has 114 valence electrons. The molecule has 4 nitrogen and oxygen atoms in total. The second-order valence-electron chi connectivity index (χ2n) is 6.20. The van der Waals surface area contributed by atoms with Crippen LogP contribution in [-0.4, -0.2) is 49.5 Å². The molecule has 0 spiro atoms. The number of methoxy groups -OCH3 is 1. The van der Waals surface area contributed by atoms with E-state index in [1.54, 1.807) is 14.0 Å². The monoisotopic (exact) mass is 288 g/mol. The summed E-state index contributed by atoms with van der Waals surface area (Å²) in [6, 6.07) is 6.96. The lowest BCUT2D eigenvalue weighted by Gasteiger charge is -2.44. The van der Waals surface area contributed by atoms with Crippen LogP contribution in [0.25, 0.3) is 0 Å². The number of hydrogen-bond donors (Lipinski definition) is 0. The molecule has 2 heterocycles. The number of piperazine rings is 1. The predicted molar refractivity (Wildman–Crippen MR) is 84.4 cm³/mol. The van der Waals surface area contributed by atoms with Crippen molar-refractivity contribution in [2.24, 2.45) is 0 Å². The first-order chi connectivity index (χ1) is 10.1. The zero-order valence-electron chi connectivity index (χ0n) is 13.1. The van der Waals surface area contributed by atoms with E-state index >= 15 is 0 Å². The summed E-state index contributed by atoms with van der Waals surface area (Å²) in [5, 5.41) is 0. The fourth-order valence-electron chi connectivity index (χ4n) is 3.81. The molecule has 2 saturated heterocycles. The average Bonchev–Trinajstić information content (AvgIpc) is 2.92. The molecule has 0 amide bonds. The van der Waals surface area contributed by atoms with Crippen molar-refractivity contribution in [1.29, 1.82) is 0 Å². The molecule has 2 aliphatic rings. The number of ketones is 1. The van der Waals surface area contributed by atoms with E-state index < -0.39 is 0 Å². The van der Waals surface area contributed by atoms with Crippen LogP contribution in [0, 0.1) is 0 Å². The van der Waals surface area contributed by atoms with Gasteiger partial charge in [0.25, 0.3) is 0 Å². The number of rotatable bonds is 3. The van der Waals surface area contributed by atoms with Gasteiger partial charge in [-0.3, -0.25) is 9.69 Å². The molecule has 2 aliphatic heterocycles. The summed E-state index contributed by atoms with van der Waals surface area (Å²) in [4.78, 5) is 17.1. The Morgan fingerprint density at radius 2 is 2.14 bits per heavy atom. The van der Waals surface area contributed by atoms with Crippen molar-refractivity contribution in [3.63, 3.8) is 0 Å². The number of hydrogen-bond acceptors (Lipinski definition) is 4. The van der Waals surface area contributed by atoms with Crippen molar-refractivity contribution in [1.82, 2.24) is 4.90 Å². The molecule has 2 fully saturated rings. The van der Waals surface area contributed by atoms with Gasteiger partial charge >= 0.3 is 0 Å². The molecule has 0 radical (unpaired) electrons. The number of ether oxygens (including phenoxy) is 1. The minimum atomic E-state index is 0.0727. The molecule has 3 rings (SSSR count). The van der Waals surface area contributed by atoms with Gasteiger partial charge in [0.15, 0.2) is 5.78 Å². The highest BCUT2D eigenvalue weighted by molar-refractivity contribution is 6.02. The van der Waals surface area contributed by atoms with E-state index in [-0.39, 0.29) is 5.78 Å². The molecular formula is C17H24N2O2. The molecule has 1 aromatic rings. The number of carbonyl (C=O) groups excluding carboxylic acids is 1. The van der Waals surface area contributed by atoms with Gasteiger partial charge in [0.2, 0.25) is 0 Å². The first-order valence-corrected chi connectivity index (χ1v) is 7.80. The summed E-state index contributed by atoms with van der Waals surface area (Å²) in [7, 11) is 1.63. The molecule has 21 heavy (non-hydrogen) atoms. The topological polar surface area (TPSA) is 32.8 Å². The first-order valence-electron chi connectivity index (χ1n) is 7.80. The molecule has 0 saturated carbocycles. The predicted octanol–water partition coefficient (Wildman–Crippen LogP) is 2.57. The number of anilines is 1. The normalized spacial score (nSPS) is 25.8. The van der Waals surface area contributed by atoms with Crippen LogP contribution < -0.4 is 9.64 Å². The number of carbonyl (C=O) groups is 1. The molecule has 0 aromatic heterocycles. The van der Waals surface area contributed by atoms with Crippen LogP contribution >= 0.6 is 0 Å². The quantitative estimate of drug-likeness (QED) is 0.800. The third-order valence-corrected chi connectivity index (χ3v) is 4.82. The molecular weight excluding hydrogens is 264 g/mol. The lowest BCUT2D eigenvalue weighted by atomic mass is 10.0. The number of nitrogens with zero attached hydrogens (tertiary/aromatic N) is 2. The van der Waals surface area contributed by atoms with Gasteiger partial charge in [0.05, 0.1) is 18.4 Å². The maximum atomic E-state index is 12.1. The summed E-state index contributed by atoms with van der Waals surface area (Å²) in [5.74, 6) is 0.754. The Morgan fingerprint density at radius 1 is 1.33 bits per heavy atom. The van der Waals surface area contributed by atoms with Crippen LogP contribution in [0.5, 0.6) is 5.75 Å². The van der Waals surface area contributed by atoms with E-state index in [4.69, 9.17) is 4.74 Å². The summed E-state index contributed by atoms with van der Waals surface area (Å²) in [5.41, 5.74) is 1.75. The fourth-order valence-corrected chi connectivity index (χ4v) is 3.81. The van der Waals surface area contributed by atoms with Gasteiger partial charge in [0.1, 0.15) is 5.75 Å². The van der Waals surface area contributed by atoms with E-state index in [0.29, 0.717) is 17.8 Å². The molecule has 4 heteroatoms. The number of Topliss-reactive ketones (excluding diaryl/α,β-unsaturated/α-hetero) is 1. The molecule has 0 bridgehead atoms. The van der Waals surface area contributed by atoms with E-state index in [9.17, 15) is 4.79 Å². The molecule has 0 N–H and O–H groups in total. The van der Waals surface area contributed by atoms with Gasteiger partial charge in [-0.25, -0.2) is 0 Å². The zero-order valence-corrected chi connectivity index (χ0v) is 13.1. The Labute approximate surface area is 126 Å². The van der Waals surface area contributed by atoms with Crippen molar-refractivity contribution in [3.8, 4) is 5.75 Å². The molecule has 1 aromatic carbocycles. The second kappa shape index (κ2) is 5.68. The molecule has 2 unspecified atom stereocenters. The van der Waals surface area contributed by atoms with Crippen molar-refractivity contribution < 1.29 is 9.53 Å². The number of benzene rings is 1. The Bertz CT molecular complexity index is 544. The average molecular weight is 288 g/mol.